The van der Waals surface area contributed by atoms with Crippen LogP contribution >= 0.6 is 15.9 Å². The summed E-state index contributed by atoms with van der Waals surface area (Å²) < 4.78 is 31.9. The summed E-state index contributed by atoms with van der Waals surface area (Å²) in [5, 5.41) is 10.1. The molecule has 0 aliphatic rings. The zero-order valence-electron chi connectivity index (χ0n) is 10.7. The molecule has 106 valence electrons. The van der Waals surface area contributed by atoms with Crippen LogP contribution in [0.4, 0.5) is 8.78 Å². The number of methoxy groups -OCH3 is 1. The quantitative estimate of drug-likeness (QED) is 0.909. The molecule has 0 amide bonds. The highest BCUT2D eigenvalue weighted by Crippen LogP contribution is 2.25. The lowest BCUT2D eigenvalue weighted by Gasteiger charge is -2.12. The summed E-state index contributed by atoms with van der Waals surface area (Å²) in [5.41, 5.74) is 1.20. The molecule has 0 aromatic heterocycles. The maximum absolute atomic E-state index is 13.6. The summed E-state index contributed by atoms with van der Waals surface area (Å²) in [4.78, 5) is 0. The van der Waals surface area contributed by atoms with Crippen molar-refractivity contribution in [1.29, 1.82) is 0 Å². The first-order valence-electron chi connectivity index (χ1n) is 5.96. The molecule has 0 spiro atoms. The Hall–Kier alpha value is -1.46. The lowest BCUT2D eigenvalue weighted by molar-refractivity contribution is 0.177. The number of hydrogen-bond donors (Lipinski definition) is 1. The molecule has 0 radical (unpaired) electrons. The number of ether oxygens (including phenoxy) is 1. The fourth-order valence-electron chi connectivity index (χ4n) is 1.90. The number of rotatable bonds is 4. The Bertz CT molecular complexity index is 617. The molecule has 1 unspecified atom stereocenters. The topological polar surface area (TPSA) is 29.5 Å². The minimum atomic E-state index is -0.868. The van der Waals surface area contributed by atoms with Crippen LogP contribution in [0.25, 0.3) is 0 Å². The monoisotopic (exact) mass is 342 g/mol. The van der Waals surface area contributed by atoms with Crippen molar-refractivity contribution in [2.75, 3.05) is 7.11 Å². The number of hydrogen-bond acceptors (Lipinski definition) is 2. The Morgan fingerprint density at radius 2 is 1.90 bits per heavy atom. The van der Waals surface area contributed by atoms with Crippen LogP contribution in [0.2, 0.25) is 0 Å². The summed E-state index contributed by atoms with van der Waals surface area (Å²) in [6, 6.07) is 8.81. The predicted molar refractivity (Wildman–Crippen MR) is 75.7 cm³/mol. The highest BCUT2D eigenvalue weighted by atomic mass is 79.9. The van der Waals surface area contributed by atoms with Crippen LogP contribution in [-0.2, 0) is 6.42 Å². The zero-order valence-corrected chi connectivity index (χ0v) is 12.3. The highest BCUT2D eigenvalue weighted by molar-refractivity contribution is 9.10. The normalized spacial score (nSPS) is 12.2. The summed E-state index contributed by atoms with van der Waals surface area (Å²) in [5.74, 6) is -0.756. The van der Waals surface area contributed by atoms with Crippen molar-refractivity contribution in [3.8, 4) is 5.75 Å². The van der Waals surface area contributed by atoms with E-state index in [1.807, 2.05) is 0 Å². The summed E-state index contributed by atoms with van der Waals surface area (Å²) in [6.07, 6.45) is -0.599. The van der Waals surface area contributed by atoms with Gasteiger partial charge in [-0.3, -0.25) is 0 Å². The third kappa shape index (κ3) is 3.35. The first-order valence-corrected chi connectivity index (χ1v) is 6.76. The third-order valence-corrected chi connectivity index (χ3v) is 3.58. The van der Waals surface area contributed by atoms with Gasteiger partial charge in [0.05, 0.1) is 17.7 Å². The first-order chi connectivity index (χ1) is 9.51. The average Bonchev–Trinajstić information content (AvgIpc) is 2.42. The standard InChI is InChI=1S/C15H13BrF2O2/c1-20-15-5-3-10(8-13(15)18)14(19)7-9-2-4-12(17)11(16)6-9/h2-6,8,14,19H,7H2,1H3. The lowest BCUT2D eigenvalue weighted by Crippen LogP contribution is -2.03. The molecular formula is C15H13BrF2O2. The fourth-order valence-corrected chi connectivity index (χ4v) is 2.32. The molecule has 1 atom stereocenters. The van der Waals surface area contributed by atoms with E-state index < -0.39 is 11.9 Å². The second kappa shape index (κ2) is 6.33. The van der Waals surface area contributed by atoms with Gasteiger partial charge >= 0.3 is 0 Å². The van der Waals surface area contributed by atoms with E-state index in [-0.39, 0.29) is 18.0 Å². The third-order valence-electron chi connectivity index (χ3n) is 2.97. The molecule has 0 fully saturated rings. The molecule has 0 saturated heterocycles. The van der Waals surface area contributed by atoms with Crippen molar-refractivity contribution in [1.82, 2.24) is 0 Å². The van der Waals surface area contributed by atoms with Crippen LogP contribution < -0.4 is 4.74 Å². The minimum Gasteiger partial charge on any atom is -0.494 e. The maximum Gasteiger partial charge on any atom is 0.165 e. The molecule has 1 N–H and O–H groups in total. The Balaban J connectivity index is 2.17. The molecule has 20 heavy (non-hydrogen) atoms. The molecule has 0 saturated carbocycles. The predicted octanol–water partition coefficient (Wildman–Crippen LogP) is 4.01. The van der Waals surface area contributed by atoms with Gasteiger partial charge in [0.1, 0.15) is 5.82 Å². The molecule has 0 bridgehead atoms. The molecule has 2 rings (SSSR count). The minimum absolute atomic E-state index is 0.130. The van der Waals surface area contributed by atoms with Gasteiger partial charge in [-0.1, -0.05) is 12.1 Å². The van der Waals surface area contributed by atoms with E-state index in [4.69, 9.17) is 4.74 Å². The van der Waals surface area contributed by atoms with Crippen LogP contribution in [0, 0.1) is 11.6 Å². The second-order valence-corrected chi connectivity index (χ2v) is 5.22. The van der Waals surface area contributed by atoms with Crippen LogP contribution in [0.15, 0.2) is 40.9 Å². The Morgan fingerprint density at radius 1 is 1.15 bits per heavy atom. The Morgan fingerprint density at radius 3 is 2.50 bits per heavy atom. The first kappa shape index (κ1) is 14.9. The number of benzene rings is 2. The Kier molecular flexibility index (Phi) is 4.73. The van der Waals surface area contributed by atoms with Crippen LogP contribution in [-0.4, -0.2) is 12.2 Å². The largest absolute Gasteiger partial charge is 0.494 e. The van der Waals surface area contributed by atoms with E-state index in [1.165, 1.54) is 25.3 Å². The fraction of sp³-hybridized carbons (Fsp3) is 0.200. The summed E-state index contributed by atoms with van der Waals surface area (Å²) in [6.45, 7) is 0. The summed E-state index contributed by atoms with van der Waals surface area (Å²) >= 11 is 3.09. The molecule has 2 nitrogen and oxygen atoms in total. The number of aliphatic hydroxyl groups excluding tert-OH is 1. The van der Waals surface area contributed by atoms with Gasteiger partial charge in [-0.05, 0) is 51.3 Å². The molecular weight excluding hydrogens is 330 g/mol. The SMILES string of the molecule is COc1ccc(C(O)Cc2ccc(F)c(Br)c2)cc1F. The highest BCUT2D eigenvalue weighted by Gasteiger charge is 2.12. The van der Waals surface area contributed by atoms with Gasteiger partial charge in [-0.2, -0.15) is 0 Å². The van der Waals surface area contributed by atoms with Gasteiger partial charge in [0.25, 0.3) is 0 Å². The molecule has 0 aliphatic heterocycles. The van der Waals surface area contributed by atoms with E-state index in [1.54, 1.807) is 18.2 Å². The smallest absolute Gasteiger partial charge is 0.165 e. The molecule has 0 heterocycles. The van der Waals surface area contributed by atoms with E-state index >= 15 is 0 Å². The molecule has 2 aromatic carbocycles. The summed E-state index contributed by atoms with van der Waals surface area (Å²) in [7, 11) is 1.38. The van der Waals surface area contributed by atoms with Crippen molar-refractivity contribution in [3.63, 3.8) is 0 Å². The van der Waals surface area contributed by atoms with Crippen molar-refractivity contribution in [3.05, 3.63) is 63.6 Å². The van der Waals surface area contributed by atoms with E-state index in [0.717, 1.165) is 5.56 Å². The molecule has 2 aromatic rings. The van der Waals surface area contributed by atoms with Gasteiger partial charge in [0.15, 0.2) is 11.6 Å². The maximum atomic E-state index is 13.6. The lowest BCUT2D eigenvalue weighted by atomic mass is 10.0. The van der Waals surface area contributed by atoms with Crippen LogP contribution in [0.1, 0.15) is 17.2 Å². The van der Waals surface area contributed by atoms with Gasteiger partial charge in [0.2, 0.25) is 0 Å². The zero-order chi connectivity index (χ0) is 14.7. The van der Waals surface area contributed by atoms with Crippen molar-refractivity contribution in [2.24, 2.45) is 0 Å². The van der Waals surface area contributed by atoms with E-state index in [2.05, 4.69) is 15.9 Å². The van der Waals surface area contributed by atoms with Crippen molar-refractivity contribution < 1.29 is 18.6 Å². The van der Waals surface area contributed by atoms with Crippen LogP contribution in [0.5, 0.6) is 5.75 Å². The van der Waals surface area contributed by atoms with Crippen molar-refractivity contribution >= 4 is 15.9 Å². The second-order valence-electron chi connectivity index (χ2n) is 4.36. The van der Waals surface area contributed by atoms with E-state index in [0.29, 0.717) is 10.0 Å². The molecule has 0 aliphatic carbocycles. The Labute approximate surface area is 124 Å². The number of halogens is 3. The van der Waals surface area contributed by atoms with Gasteiger partial charge in [-0.25, -0.2) is 8.78 Å². The van der Waals surface area contributed by atoms with Crippen molar-refractivity contribution in [2.45, 2.75) is 12.5 Å². The average molecular weight is 343 g/mol. The van der Waals surface area contributed by atoms with Gasteiger partial charge in [-0.15, -0.1) is 0 Å². The van der Waals surface area contributed by atoms with Crippen LogP contribution in [0.3, 0.4) is 0 Å². The van der Waals surface area contributed by atoms with E-state index in [9.17, 15) is 13.9 Å². The number of aliphatic hydroxyl groups is 1. The van der Waals surface area contributed by atoms with Gasteiger partial charge in [0, 0.05) is 6.42 Å². The molecule has 5 heteroatoms. The van der Waals surface area contributed by atoms with Gasteiger partial charge < -0.3 is 9.84 Å².